The lowest BCUT2D eigenvalue weighted by Gasteiger charge is -2.09. The molecule has 0 fully saturated rings. The van der Waals surface area contributed by atoms with Crippen LogP contribution in [0, 0.1) is 0 Å². The molecule has 0 atom stereocenters. The van der Waals surface area contributed by atoms with Crippen LogP contribution in [0.1, 0.15) is 15.9 Å². The van der Waals surface area contributed by atoms with Gasteiger partial charge in [-0.3, -0.25) is 4.79 Å². The first-order valence-corrected chi connectivity index (χ1v) is 7.43. The highest BCUT2D eigenvalue weighted by molar-refractivity contribution is 9.10. The van der Waals surface area contributed by atoms with Crippen LogP contribution in [0.5, 0.6) is 11.5 Å². The number of rotatable bonds is 3. The van der Waals surface area contributed by atoms with Gasteiger partial charge in [0.15, 0.2) is 11.5 Å². The van der Waals surface area contributed by atoms with Gasteiger partial charge < -0.3 is 14.8 Å². The topological polar surface area (TPSA) is 47.6 Å². The Labute approximate surface area is 135 Å². The quantitative estimate of drug-likeness (QED) is 0.897. The molecule has 0 bridgehead atoms. The second-order valence-electron chi connectivity index (χ2n) is 4.47. The molecule has 1 amide bonds. The van der Waals surface area contributed by atoms with Crippen LogP contribution in [-0.4, -0.2) is 12.7 Å². The summed E-state index contributed by atoms with van der Waals surface area (Å²) in [6, 6.07) is 10.8. The van der Waals surface area contributed by atoms with Crippen LogP contribution >= 0.6 is 27.5 Å². The van der Waals surface area contributed by atoms with Gasteiger partial charge in [0.2, 0.25) is 6.79 Å². The zero-order valence-electron chi connectivity index (χ0n) is 10.9. The standard InChI is InChI=1S/C15H11BrClNO3/c16-10-2-1-3-11(17)14(10)15(19)18-7-9-4-5-12-13(6-9)21-8-20-12/h1-6H,7-8H2,(H,18,19). The smallest absolute Gasteiger partial charge is 0.254 e. The van der Waals surface area contributed by atoms with Gasteiger partial charge in [0.05, 0.1) is 10.6 Å². The Morgan fingerprint density at radius 1 is 1.24 bits per heavy atom. The van der Waals surface area contributed by atoms with Crippen LogP contribution in [0.25, 0.3) is 0 Å². The fourth-order valence-corrected chi connectivity index (χ4v) is 2.96. The van der Waals surface area contributed by atoms with E-state index in [0.717, 1.165) is 11.3 Å². The van der Waals surface area contributed by atoms with Crippen LogP contribution in [0.3, 0.4) is 0 Å². The number of benzene rings is 2. The van der Waals surface area contributed by atoms with E-state index in [2.05, 4.69) is 21.2 Å². The zero-order valence-corrected chi connectivity index (χ0v) is 13.2. The minimum Gasteiger partial charge on any atom is -0.454 e. The molecule has 0 saturated heterocycles. The maximum atomic E-state index is 12.2. The van der Waals surface area contributed by atoms with E-state index in [-0.39, 0.29) is 12.7 Å². The SMILES string of the molecule is O=C(NCc1ccc2c(c1)OCO2)c1c(Cl)cccc1Br. The number of hydrogen-bond acceptors (Lipinski definition) is 3. The number of carbonyl (C=O) groups is 1. The number of halogens is 2. The van der Waals surface area contributed by atoms with Gasteiger partial charge in [0.1, 0.15) is 0 Å². The summed E-state index contributed by atoms with van der Waals surface area (Å²) in [7, 11) is 0. The van der Waals surface area contributed by atoms with E-state index >= 15 is 0 Å². The second kappa shape index (κ2) is 5.95. The molecule has 0 unspecified atom stereocenters. The summed E-state index contributed by atoms with van der Waals surface area (Å²) in [5, 5.41) is 3.25. The fraction of sp³-hybridized carbons (Fsp3) is 0.133. The summed E-state index contributed by atoms with van der Waals surface area (Å²) in [5.41, 5.74) is 1.36. The minimum absolute atomic E-state index is 0.231. The van der Waals surface area contributed by atoms with E-state index in [1.807, 2.05) is 18.2 Å². The Morgan fingerprint density at radius 2 is 2.05 bits per heavy atom. The Kier molecular flexibility index (Phi) is 4.03. The van der Waals surface area contributed by atoms with E-state index in [0.29, 0.717) is 27.4 Å². The first kappa shape index (κ1) is 14.2. The summed E-state index contributed by atoms with van der Waals surface area (Å²) in [5.74, 6) is 1.18. The maximum Gasteiger partial charge on any atom is 0.254 e. The average Bonchev–Trinajstić information content (AvgIpc) is 2.92. The lowest BCUT2D eigenvalue weighted by Crippen LogP contribution is -2.23. The molecule has 0 saturated carbocycles. The highest BCUT2D eigenvalue weighted by Crippen LogP contribution is 2.32. The number of carbonyl (C=O) groups excluding carboxylic acids is 1. The molecule has 1 N–H and O–H groups in total. The van der Waals surface area contributed by atoms with Crippen LogP contribution in [0.4, 0.5) is 0 Å². The molecule has 6 heteroatoms. The Bertz CT molecular complexity index is 685. The molecule has 0 aliphatic carbocycles. The summed E-state index contributed by atoms with van der Waals surface area (Å²) >= 11 is 9.39. The summed E-state index contributed by atoms with van der Waals surface area (Å²) in [4.78, 5) is 12.2. The first-order chi connectivity index (χ1) is 10.1. The van der Waals surface area contributed by atoms with Gasteiger partial charge in [-0.25, -0.2) is 0 Å². The van der Waals surface area contributed by atoms with Crippen LogP contribution in [0.15, 0.2) is 40.9 Å². The van der Waals surface area contributed by atoms with Gasteiger partial charge in [0.25, 0.3) is 5.91 Å². The molecule has 108 valence electrons. The second-order valence-corrected chi connectivity index (χ2v) is 5.73. The van der Waals surface area contributed by atoms with Gasteiger partial charge in [-0.05, 0) is 45.8 Å². The van der Waals surface area contributed by atoms with Crippen LogP contribution < -0.4 is 14.8 Å². The summed E-state index contributed by atoms with van der Waals surface area (Å²) in [6.45, 7) is 0.616. The van der Waals surface area contributed by atoms with Gasteiger partial charge in [-0.15, -0.1) is 0 Å². The highest BCUT2D eigenvalue weighted by Gasteiger charge is 2.16. The van der Waals surface area contributed by atoms with Gasteiger partial charge in [0, 0.05) is 11.0 Å². The average molecular weight is 369 g/mol. The van der Waals surface area contributed by atoms with Crippen molar-refractivity contribution in [3.8, 4) is 11.5 Å². The third-order valence-electron chi connectivity index (χ3n) is 3.08. The predicted octanol–water partition coefficient (Wildman–Crippen LogP) is 3.76. The molecule has 2 aromatic carbocycles. The van der Waals surface area contributed by atoms with E-state index in [1.54, 1.807) is 18.2 Å². The van der Waals surface area contributed by atoms with Gasteiger partial charge in [-0.2, -0.15) is 0 Å². The Balaban J connectivity index is 1.71. The molecule has 1 heterocycles. The van der Waals surface area contributed by atoms with Gasteiger partial charge in [-0.1, -0.05) is 23.7 Å². The molecule has 1 aliphatic rings. The van der Waals surface area contributed by atoms with Crippen molar-refractivity contribution in [1.29, 1.82) is 0 Å². The minimum atomic E-state index is -0.231. The summed E-state index contributed by atoms with van der Waals surface area (Å²) in [6.07, 6.45) is 0. The number of amides is 1. The lowest BCUT2D eigenvalue weighted by molar-refractivity contribution is 0.0950. The van der Waals surface area contributed by atoms with Crippen molar-refractivity contribution in [2.24, 2.45) is 0 Å². The van der Waals surface area contributed by atoms with Crippen LogP contribution in [-0.2, 0) is 6.54 Å². The van der Waals surface area contributed by atoms with Crippen LogP contribution in [0.2, 0.25) is 5.02 Å². The summed E-state index contributed by atoms with van der Waals surface area (Å²) < 4.78 is 11.2. The molecule has 3 rings (SSSR count). The molecule has 1 aliphatic heterocycles. The fourth-order valence-electron chi connectivity index (χ4n) is 2.04. The largest absolute Gasteiger partial charge is 0.454 e. The Hall–Kier alpha value is -1.72. The molecule has 4 nitrogen and oxygen atoms in total. The molecule has 21 heavy (non-hydrogen) atoms. The normalized spacial score (nSPS) is 12.3. The van der Waals surface area contributed by atoms with Crippen molar-refractivity contribution >= 4 is 33.4 Å². The Morgan fingerprint density at radius 3 is 2.86 bits per heavy atom. The third-order valence-corrected chi connectivity index (χ3v) is 4.06. The van der Waals surface area contributed by atoms with Crippen molar-refractivity contribution in [3.63, 3.8) is 0 Å². The van der Waals surface area contributed by atoms with E-state index in [1.165, 1.54) is 0 Å². The number of fused-ring (bicyclic) bond motifs is 1. The number of ether oxygens (including phenoxy) is 2. The molecular formula is C15H11BrClNO3. The van der Waals surface area contributed by atoms with Crippen molar-refractivity contribution in [1.82, 2.24) is 5.32 Å². The zero-order chi connectivity index (χ0) is 14.8. The lowest BCUT2D eigenvalue weighted by atomic mass is 10.1. The number of hydrogen-bond donors (Lipinski definition) is 1. The van der Waals surface area contributed by atoms with Crippen molar-refractivity contribution in [3.05, 3.63) is 57.0 Å². The van der Waals surface area contributed by atoms with E-state index < -0.39 is 0 Å². The molecule has 2 aromatic rings. The molecule has 0 radical (unpaired) electrons. The monoisotopic (exact) mass is 367 g/mol. The molecule has 0 spiro atoms. The molecular weight excluding hydrogens is 358 g/mol. The van der Waals surface area contributed by atoms with Crippen molar-refractivity contribution in [2.45, 2.75) is 6.54 Å². The van der Waals surface area contributed by atoms with Gasteiger partial charge >= 0.3 is 0 Å². The first-order valence-electron chi connectivity index (χ1n) is 6.26. The van der Waals surface area contributed by atoms with E-state index in [4.69, 9.17) is 21.1 Å². The maximum absolute atomic E-state index is 12.2. The van der Waals surface area contributed by atoms with Crippen molar-refractivity contribution < 1.29 is 14.3 Å². The highest BCUT2D eigenvalue weighted by atomic mass is 79.9. The van der Waals surface area contributed by atoms with Crippen molar-refractivity contribution in [2.75, 3.05) is 6.79 Å². The third kappa shape index (κ3) is 2.99. The number of nitrogens with one attached hydrogen (secondary N) is 1. The predicted molar refractivity (Wildman–Crippen MR) is 82.9 cm³/mol. The molecule has 0 aromatic heterocycles. The van der Waals surface area contributed by atoms with E-state index in [9.17, 15) is 4.79 Å².